The van der Waals surface area contributed by atoms with Gasteiger partial charge in [-0.25, -0.2) is 0 Å². The average Bonchev–Trinajstić information content (AvgIpc) is 2.22. The van der Waals surface area contributed by atoms with Gasteiger partial charge in [-0.3, -0.25) is 0 Å². The monoisotopic (exact) mass is 275 g/mol. The molecule has 0 bridgehead atoms. The molecule has 2 heterocycles. The molecule has 1 aromatic rings. The van der Waals surface area contributed by atoms with Gasteiger partial charge in [0.1, 0.15) is 0 Å². The van der Waals surface area contributed by atoms with Crippen molar-refractivity contribution in [1.29, 1.82) is 0 Å². The fraction of sp³-hybridized carbons (Fsp3) is 0.700. The largest absolute Gasteiger partial charge is 0.351 e. The van der Waals surface area contributed by atoms with E-state index in [9.17, 15) is 0 Å². The van der Waals surface area contributed by atoms with Gasteiger partial charge in [-0.15, -0.1) is 0 Å². The van der Waals surface area contributed by atoms with Crippen LogP contribution in [0.1, 0.15) is 19.8 Å². The molecule has 0 saturated carbocycles. The Morgan fingerprint density at radius 3 is 2.47 bits per heavy atom. The van der Waals surface area contributed by atoms with Crippen LogP contribution in [0.3, 0.4) is 0 Å². The summed E-state index contributed by atoms with van der Waals surface area (Å²) in [4.78, 5) is 14.1. The van der Waals surface area contributed by atoms with Crippen LogP contribution in [0.4, 0.5) is 5.95 Å². The zero-order chi connectivity index (χ0) is 12.4. The number of rotatable bonds is 2. The molecule has 2 atom stereocenters. The summed E-state index contributed by atoms with van der Waals surface area (Å²) in [5.74, 6) is 0.455. The van der Waals surface area contributed by atoms with Gasteiger partial charge in [0.2, 0.25) is 16.5 Å². The van der Waals surface area contributed by atoms with Crippen LogP contribution < -0.4 is 5.32 Å². The maximum absolute atomic E-state index is 5.72. The molecular formula is C10H15Cl2N5. The van der Waals surface area contributed by atoms with Gasteiger partial charge in [0, 0.05) is 18.6 Å². The molecule has 0 amide bonds. The fourth-order valence-electron chi connectivity index (χ4n) is 1.99. The number of likely N-dealkylation sites (tertiary alicyclic amines) is 1. The second-order valence-electron chi connectivity index (χ2n) is 4.39. The summed E-state index contributed by atoms with van der Waals surface area (Å²) in [7, 11) is 2.14. The van der Waals surface area contributed by atoms with Crippen LogP contribution >= 0.6 is 23.2 Å². The second kappa shape index (κ2) is 5.33. The number of anilines is 1. The van der Waals surface area contributed by atoms with E-state index in [0.29, 0.717) is 18.0 Å². The van der Waals surface area contributed by atoms with Crippen molar-refractivity contribution in [3.8, 4) is 0 Å². The Balaban J connectivity index is 2.01. The number of hydrogen-bond donors (Lipinski definition) is 1. The number of hydrogen-bond acceptors (Lipinski definition) is 5. The molecule has 17 heavy (non-hydrogen) atoms. The Bertz CT molecular complexity index is 380. The van der Waals surface area contributed by atoms with E-state index in [1.807, 2.05) is 0 Å². The van der Waals surface area contributed by atoms with E-state index in [1.54, 1.807) is 0 Å². The molecule has 1 aromatic heterocycles. The molecule has 0 aromatic carbocycles. The lowest BCUT2D eigenvalue weighted by Crippen LogP contribution is -2.42. The normalized spacial score (nSPS) is 25.9. The van der Waals surface area contributed by atoms with Gasteiger partial charge < -0.3 is 10.2 Å². The number of nitrogens with one attached hydrogen (secondary N) is 1. The van der Waals surface area contributed by atoms with Crippen LogP contribution in [0.25, 0.3) is 0 Å². The van der Waals surface area contributed by atoms with Crippen molar-refractivity contribution in [3.63, 3.8) is 0 Å². The van der Waals surface area contributed by atoms with Gasteiger partial charge in [-0.1, -0.05) is 0 Å². The number of piperidine rings is 1. The number of nitrogens with zero attached hydrogens (tertiary/aromatic N) is 4. The van der Waals surface area contributed by atoms with Crippen LogP contribution in [0, 0.1) is 0 Å². The summed E-state index contributed by atoms with van der Waals surface area (Å²) in [6, 6.07) is 0.907. The van der Waals surface area contributed by atoms with Gasteiger partial charge in [0.25, 0.3) is 0 Å². The highest BCUT2D eigenvalue weighted by Crippen LogP contribution is 2.19. The fourth-order valence-corrected chi connectivity index (χ4v) is 2.36. The van der Waals surface area contributed by atoms with Gasteiger partial charge in [0.05, 0.1) is 0 Å². The molecule has 0 spiro atoms. The predicted molar refractivity (Wildman–Crippen MR) is 68.6 cm³/mol. The first-order valence-electron chi connectivity index (χ1n) is 5.58. The molecule has 1 N–H and O–H groups in total. The van der Waals surface area contributed by atoms with Gasteiger partial charge >= 0.3 is 0 Å². The van der Waals surface area contributed by atoms with E-state index < -0.39 is 0 Å². The van der Waals surface area contributed by atoms with Crippen molar-refractivity contribution in [2.45, 2.75) is 31.8 Å². The van der Waals surface area contributed by atoms with Crippen LogP contribution in [0.5, 0.6) is 0 Å². The van der Waals surface area contributed by atoms with E-state index in [1.165, 1.54) is 0 Å². The van der Waals surface area contributed by atoms with Gasteiger partial charge in [-0.05, 0) is 50.0 Å². The molecule has 0 radical (unpaired) electrons. The summed E-state index contributed by atoms with van der Waals surface area (Å²) in [5.41, 5.74) is 0. The lowest BCUT2D eigenvalue weighted by Gasteiger charge is -2.35. The summed E-state index contributed by atoms with van der Waals surface area (Å²) in [6.07, 6.45) is 2.11. The third kappa shape index (κ3) is 3.40. The molecule has 94 valence electrons. The lowest BCUT2D eigenvalue weighted by atomic mass is 9.99. The van der Waals surface area contributed by atoms with Crippen molar-refractivity contribution in [1.82, 2.24) is 19.9 Å². The SMILES string of the molecule is CC1CC(Nc2nc(Cl)nc(Cl)n2)CCN1C. The van der Waals surface area contributed by atoms with Crippen molar-refractivity contribution < 1.29 is 0 Å². The highest BCUT2D eigenvalue weighted by Gasteiger charge is 2.23. The minimum absolute atomic E-state index is 0.119. The van der Waals surface area contributed by atoms with Crippen LogP contribution in [0.15, 0.2) is 0 Å². The lowest BCUT2D eigenvalue weighted by molar-refractivity contribution is 0.190. The molecule has 2 rings (SSSR count). The Labute approximate surface area is 111 Å². The standard InChI is InChI=1S/C10H15Cl2N5/c1-6-5-7(3-4-17(6)2)13-10-15-8(11)14-9(12)16-10/h6-7H,3-5H2,1-2H3,(H,13,14,15,16). The summed E-state index contributed by atoms with van der Waals surface area (Å²) >= 11 is 11.4. The van der Waals surface area contributed by atoms with E-state index in [2.05, 4.69) is 39.1 Å². The minimum Gasteiger partial charge on any atom is -0.351 e. The molecular weight excluding hydrogens is 261 g/mol. The van der Waals surface area contributed by atoms with E-state index in [0.717, 1.165) is 19.4 Å². The Morgan fingerprint density at radius 2 is 1.88 bits per heavy atom. The smallest absolute Gasteiger partial charge is 0.228 e. The highest BCUT2D eigenvalue weighted by atomic mass is 35.5. The molecule has 2 unspecified atom stereocenters. The second-order valence-corrected chi connectivity index (χ2v) is 5.07. The van der Waals surface area contributed by atoms with Crippen molar-refractivity contribution in [3.05, 3.63) is 10.6 Å². The molecule has 1 fully saturated rings. The van der Waals surface area contributed by atoms with Crippen LogP contribution in [-0.4, -0.2) is 45.5 Å². The van der Waals surface area contributed by atoms with Gasteiger partial charge in [0.15, 0.2) is 0 Å². The molecule has 7 heteroatoms. The first kappa shape index (κ1) is 12.8. The quantitative estimate of drug-likeness (QED) is 0.896. The molecule has 5 nitrogen and oxygen atoms in total. The van der Waals surface area contributed by atoms with Crippen molar-refractivity contribution >= 4 is 29.2 Å². The van der Waals surface area contributed by atoms with E-state index in [4.69, 9.17) is 23.2 Å². The molecule has 1 aliphatic heterocycles. The zero-order valence-electron chi connectivity index (χ0n) is 9.82. The summed E-state index contributed by atoms with van der Waals surface area (Å²) < 4.78 is 0. The van der Waals surface area contributed by atoms with Crippen LogP contribution in [0.2, 0.25) is 10.6 Å². The maximum atomic E-state index is 5.72. The minimum atomic E-state index is 0.119. The maximum Gasteiger partial charge on any atom is 0.228 e. The summed E-state index contributed by atoms with van der Waals surface area (Å²) in [6.45, 7) is 3.27. The highest BCUT2D eigenvalue weighted by molar-refractivity contribution is 6.31. The topological polar surface area (TPSA) is 53.9 Å². The molecule has 0 aliphatic carbocycles. The average molecular weight is 276 g/mol. The van der Waals surface area contributed by atoms with E-state index in [-0.39, 0.29) is 10.6 Å². The third-order valence-corrected chi connectivity index (χ3v) is 3.46. The number of halogens is 2. The van der Waals surface area contributed by atoms with E-state index >= 15 is 0 Å². The predicted octanol–water partition coefficient (Wildman–Crippen LogP) is 2.07. The van der Waals surface area contributed by atoms with Crippen LogP contribution in [-0.2, 0) is 0 Å². The zero-order valence-corrected chi connectivity index (χ0v) is 11.3. The summed E-state index contributed by atoms with van der Waals surface area (Å²) in [5, 5.41) is 3.49. The number of aromatic nitrogens is 3. The Kier molecular flexibility index (Phi) is 4.01. The Morgan fingerprint density at radius 1 is 1.24 bits per heavy atom. The molecule has 1 saturated heterocycles. The van der Waals surface area contributed by atoms with Crippen molar-refractivity contribution in [2.24, 2.45) is 0 Å². The van der Waals surface area contributed by atoms with Crippen molar-refractivity contribution in [2.75, 3.05) is 18.9 Å². The van der Waals surface area contributed by atoms with Gasteiger partial charge in [-0.2, -0.15) is 15.0 Å². The first-order valence-corrected chi connectivity index (χ1v) is 6.34. The third-order valence-electron chi connectivity index (χ3n) is 3.12. The first-order chi connectivity index (χ1) is 8.04. The Hall–Kier alpha value is -0.650. The molecule has 1 aliphatic rings.